The summed E-state index contributed by atoms with van der Waals surface area (Å²) in [5, 5.41) is 9.24. The van der Waals surface area contributed by atoms with Gasteiger partial charge in [-0.05, 0) is 31.2 Å². The molecule has 0 unspecified atom stereocenters. The van der Waals surface area contributed by atoms with Crippen LogP contribution in [-0.4, -0.2) is 45.7 Å². The third-order valence-corrected chi connectivity index (χ3v) is 3.69. The zero-order valence-electron chi connectivity index (χ0n) is 16.3. The Morgan fingerprint density at radius 1 is 1.00 bits per heavy atom. The molecule has 8 heteroatoms. The first-order valence-corrected chi connectivity index (χ1v) is 8.78. The smallest absolute Gasteiger partial charge is 0.251 e. The van der Waals surface area contributed by atoms with E-state index < -0.39 is 0 Å². The molecule has 0 spiro atoms. The van der Waals surface area contributed by atoms with Gasteiger partial charge in [0, 0.05) is 30.4 Å². The Labute approximate surface area is 182 Å². The van der Waals surface area contributed by atoms with E-state index in [-0.39, 0.29) is 29.9 Å². The summed E-state index contributed by atoms with van der Waals surface area (Å²) in [4.78, 5) is 16.5. The maximum Gasteiger partial charge on any atom is 0.251 e. The number of hydrogen-bond donors (Lipinski definition) is 3. The molecule has 2 rings (SSSR count). The molecule has 0 fully saturated rings. The minimum atomic E-state index is -0.108. The van der Waals surface area contributed by atoms with Gasteiger partial charge < -0.3 is 25.4 Å². The number of rotatable bonds is 8. The summed E-state index contributed by atoms with van der Waals surface area (Å²) in [6.07, 6.45) is 0. The highest BCUT2D eigenvalue weighted by atomic mass is 127. The number of benzene rings is 2. The first kappa shape index (κ1) is 23.5. The summed E-state index contributed by atoms with van der Waals surface area (Å²) in [5.41, 5.74) is 1.46. The normalized spacial score (nSPS) is 10.5. The van der Waals surface area contributed by atoms with E-state index >= 15 is 0 Å². The zero-order chi connectivity index (χ0) is 19.5. The number of amides is 1. The highest BCUT2D eigenvalue weighted by Crippen LogP contribution is 2.29. The molecule has 2 aromatic rings. The van der Waals surface area contributed by atoms with Gasteiger partial charge in [-0.25, -0.2) is 0 Å². The predicted molar refractivity (Wildman–Crippen MR) is 123 cm³/mol. The summed E-state index contributed by atoms with van der Waals surface area (Å²) in [6.45, 7) is 3.59. The van der Waals surface area contributed by atoms with Gasteiger partial charge >= 0.3 is 0 Å². The molecule has 0 heterocycles. The zero-order valence-corrected chi connectivity index (χ0v) is 18.7. The lowest BCUT2D eigenvalue weighted by molar-refractivity contribution is 0.0955. The second kappa shape index (κ2) is 12.8. The molecule has 0 aliphatic rings. The summed E-state index contributed by atoms with van der Waals surface area (Å²) >= 11 is 0. The number of carbonyl (C=O) groups is 1. The first-order chi connectivity index (χ1) is 13.2. The van der Waals surface area contributed by atoms with Crippen molar-refractivity contribution in [2.24, 2.45) is 4.99 Å². The average Bonchev–Trinajstić information content (AvgIpc) is 2.71. The topological polar surface area (TPSA) is 84.0 Å². The van der Waals surface area contributed by atoms with Crippen molar-refractivity contribution in [3.8, 4) is 11.5 Å². The first-order valence-electron chi connectivity index (χ1n) is 8.78. The van der Waals surface area contributed by atoms with Gasteiger partial charge in [-0.3, -0.25) is 9.79 Å². The van der Waals surface area contributed by atoms with Crippen LogP contribution in [-0.2, 0) is 0 Å². The van der Waals surface area contributed by atoms with E-state index in [4.69, 9.17) is 9.47 Å². The number of ether oxygens (including phenoxy) is 2. The van der Waals surface area contributed by atoms with Crippen molar-refractivity contribution in [1.29, 1.82) is 0 Å². The molecule has 0 aliphatic heterocycles. The Morgan fingerprint density at radius 3 is 2.36 bits per heavy atom. The van der Waals surface area contributed by atoms with Crippen LogP contribution in [0.4, 0.5) is 5.69 Å². The SMILES string of the molecule is CCNC(=NCCNC(=O)c1ccccc1)Nc1ccc(OC)c(OC)c1.I. The Hall–Kier alpha value is -2.49. The molecule has 0 aromatic heterocycles. The summed E-state index contributed by atoms with van der Waals surface area (Å²) in [5.74, 6) is 1.81. The minimum absolute atomic E-state index is 0. The predicted octanol–water partition coefficient (Wildman–Crippen LogP) is 3.13. The fourth-order valence-corrected chi connectivity index (χ4v) is 2.39. The number of aliphatic imine (C=N–C) groups is 1. The molecule has 3 N–H and O–H groups in total. The molecular weight excluding hydrogens is 471 g/mol. The average molecular weight is 498 g/mol. The largest absolute Gasteiger partial charge is 0.493 e. The van der Waals surface area contributed by atoms with Gasteiger partial charge in [-0.15, -0.1) is 24.0 Å². The second-order valence-electron chi connectivity index (χ2n) is 5.58. The molecule has 0 saturated heterocycles. The van der Waals surface area contributed by atoms with E-state index in [1.807, 2.05) is 43.3 Å². The molecule has 1 amide bonds. The van der Waals surface area contributed by atoms with Gasteiger partial charge in [0.25, 0.3) is 5.91 Å². The van der Waals surface area contributed by atoms with Crippen LogP contribution in [0.3, 0.4) is 0 Å². The molecule has 28 heavy (non-hydrogen) atoms. The Kier molecular flexibility index (Phi) is 10.8. The Bertz CT molecular complexity index is 769. The standard InChI is InChI=1S/C20H26N4O3.HI/c1-4-21-20(24-16-10-11-17(26-2)18(14-16)27-3)23-13-12-22-19(25)15-8-6-5-7-9-15;/h5-11,14H,4,12-13H2,1-3H3,(H,22,25)(H2,21,23,24);1H. The van der Waals surface area contributed by atoms with Crippen LogP contribution in [0.2, 0.25) is 0 Å². The van der Waals surface area contributed by atoms with Crippen molar-refractivity contribution in [2.45, 2.75) is 6.92 Å². The highest BCUT2D eigenvalue weighted by Gasteiger charge is 2.06. The molecule has 0 saturated carbocycles. The number of hydrogen-bond acceptors (Lipinski definition) is 4. The van der Waals surface area contributed by atoms with E-state index in [0.29, 0.717) is 36.1 Å². The summed E-state index contributed by atoms with van der Waals surface area (Å²) in [6, 6.07) is 14.7. The van der Waals surface area contributed by atoms with Crippen LogP contribution in [0.1, 0.15) is 17.3 Å². The van der Waals surface area contributed by atoms with Crippen molar-refractivity contribution in [2.75, 3.05) is 39.2 Å². The monoisotopic (exact) mass is 498 g/mol. The number of methoxy groups -OCH3 is 2. The van der Waals surface area contributed by atoms with Crippen molar-refractivity contribution >= 4 is 41.5 Å². The minimum Gasteiger partial charge on any atom is -0.493 e. The van der Waals surface area contributed by atoms with Crippen molar-refractivity contribution < 1.29 is 14.3 Å². The van der Waals surface area contributed by atoms with Gasteiger partial charge in [-0.2, -0.15) is 0 Å². The number of anilines is 1. The Balaban J connectivity index is 0.00000392. The second-order valence-corrected chi connectivity index (χ2v) is 5.58. The van der Waals surface area contributed by atoms with Crippen LogP contribution in [0.5, 0.6) is 11.5 Å². The lowest BCUT2D eigenvalue weighted by Gasteiger charge is -2.14. The quantitative estimate of drug-likeness (QED) is 0.226. The molecule has 0 radical (unpaired) electrons. The maximum absolute atomic E-state index is 12.0. The number of halogens is 1. The van der Waals surface area contributed by atoms with Crippen LogP contribution >= 0.6 is 24.0 Å². The third kappa shape index (κ3) is 7.26. The summed E-state index contributed by atoms with van der Waals surface area (Å²) < 4.78 is 10.6. The number of nitrogens with zero attached hydrogens (tertiary/aromatic N) is 1. The number of guanidine groups is 1. The fourth-order valence-electron chi connectivity index (χ4n) is 2.39. The number of nitrogens with one attached hydrogen (secondary N) is 3. The summed E-state index contributed by atoms with van der Waals surface area (Å²) in [7, 11) is 3.19. The van der Waals surface area contributed by atoms with E-state index in [2.05, 4.69) is 20.9 Å². The van der Waals surface area contributed by atoms with Gasteiger partial charge in [0.15, 0.2) is 17.5 Å². The lowest BCUT2D eigenvalue weighted by atomic mass is 10.2. The Morgan fingerprint density at radius 2 is 1.71 bits per heavy atom. The molecule has 152 valence electrons. The van der Waals surface area contributed by atoms with Crippen LogP contribution < -0.4 is 25.4 Å². The third-order valence-electron chi connectivity index (χ3n) is 3.69. The van der Waals surface area contributed by atoms with Crippen molar-refractivity contribution in [1.82, 2.24) is 10.6 Å². The van der Waals surface area contributed by atoms with Gasteiger partial charge in [-0.1, -0.05) is 18.2 Å². The molecule has 7 nitrogen and oxygen atoms in total. The van der Waals surface area contributed by atoms with Crippen molar-refractivity contribution in [3.05, 3.63) is 54.1 Å². The molecular formula is C20H27IN4O3. The lowest BCUT2D eigenvalue weighted by Crippen LogP contribution is -2.32. The molecule has 0 atom stereocenters. The van der Waals surface area contributed by atoms with E-state index in [9.17, 15) is 4.79 Å². The van der Waals surface area contributed by atoms with Gasteiger partial charge in [0.05, 0.1) is 20.8 Å². The van der Waals surface area contributed by atoms with Gasteiger partial charge in [0.2, 0.25) is 0 Å². The van der Waals surface area contributed by atoms with Crippen LogP contribution in [0, 0.1) is 0 Å². The van der Waals surface area contributed by atoms with Crippen molar-refractivity contribution in [3.63, 3.8) is 0 Å². The van der Waals surface area contributed by atoms with E-state index in [1.165, 1.54) is 0 Å². The highest BCUT2D eigenvalue weighted by molar-refractivity contribution is 14.0. The van der Waals surface area contributed by atoms with E-state index in [0.717, 1.165) is 12.2 Å². The van der Waals surface area contributed by atoms with Gasteiger partial charge in [0.1, 0.15) is 0 Å². The van der Waals surface area contributed by atoms with Crippen LogP contribution in [0.25, 0.3) is 0 Å². The van der Waals surface area contributed by atoms with E-state index in [1.54, 1.807) is 26.4 Å². The maximum atomic E-state index is 12.0. The molecule has 2 aromatic carbocycles. The molecule has 0 aliphatic carbocycles. The molecule has 0 bridgehead atoms. The fraction of sp³-hybridized carbons (Fsp3) is 0.300. The van der Waals surface area contributed by atoms with Crippen LogP contribution in [0.15, 0.2) is 53.5 Å². The number of carbonyl (C=O) groups excluding carboxylic acids is 1.